The van der Waals surface area contributed by atoms with Crippen LogP contribution in [0, 0.1) is 0 Å². The third-order valence-electron chi connectivity index (χ3n) is 10.9. The highest BCUT2D eigenvalue weighted by Gasteiger charge is 2.58. The quantitative estimate of drug-likeness (QED) is 0.0678. The summed E-state index contributed by atoms with van der Waals surface area (Å²) in [5.41, 5.74) is 0. The highest BCUT2D eigenvalue weighted by Crippen LogP contribution is 2.37. The Morgan fingerprint density at radius 2 is 1.03 bits per heavy atom. The summed E-state index contributed by atoms with van der Waals surface area (Å²) in [6.45, 7) is -0.819. The lowest BCUT2D eigenvalue weighted by molar-refractivity contribution is -0.401. The van der Waals surface area contributed by atoms with Crippen molar-refractivity contribution in [1.82, 2.24) is 5.32 Å². The number of aliphatic hydroxyl groups is 13. The van der Waals surface area contributed by atoms with Gasteiger partial charge in [0, 0.05) is 6.92 Å². The number of hydrogen-bond donors (Lipinski definition) is 16. The van der Waals surface area contributed by atoms with E-state index in [9.17, 15) is 94.1 Å². The molecule has 25 atom stereocenters. The van der Waals surface area contributed by atoms with E-state index in [0.29, 0.717) is 0 Å². The maximum absolute atomic E-state index is 12.1. The number of hydrogen-bond acceptors (Lipinski definition) is 27. The molecular formula is C32H53NO29S. The minimum atomic E-state index is -5.49. The first-order chi connectivity index (χ1) is 29.4. The third kappa shape index (κ3) is 11.4. The summed E-state index contributed by atoms with van der Waals surface area (Å²) in [7, 11) is -5.49. The summed E-state index contributed by atoms with van der Waals surface area (Å²) in [5.74, 6) is -2.75. The van der Waals surface area contributed by atoms with Gasteiger partial charge in [-0.25, -0.2) is 8.98 Å². The number of ether oxygens (including phenoxy) is 9. The first-order valence-electron chi connectivity index (χ1n) is 19.1. The van der Waals surface area contributed by atoms with E-state index in [-0.39, 0.29) is 0 Å². The van der Waals surface area contributed by atoms with Gasteiger partial charge in [-0.1, -0.05) is 0 Å². The summed E-state index contributed by atoms with van der Waals surface area (Å²) in [6.07, 6.45) is -49.3. The third-order valence-corrected chi connectivity index (χ3v) is 11.3. The molecule has 5 aliphatic rings. The van der Waals surface area contributed by atoms with Crippen molar-refractivity contribution in [3.05, 3.63) is 0 Å². The Balaban J connectivity index is 1.46. The van der Waals surface area contributed by atoms with Crippen LogP contribution in [-0.2, 0) is 66.8 Å². The lowest BCUT2D eigenvalue weighted by Crippen LogP contribution is -2.70. The monoisotopic (exact) mass is 947 g/mol. The number of rotatable bonds is 15. The van der Waals surface area contributed by atoms with Crippen LogP contribution in [0.5, 0.6) is 0 Å². The van der Waals surface area contributed by atoms with Gasteiger partial charge < -0.3 is 119 Å². The molecule has 0 aromatic heterocycles. The van der Waals surface area contributed by atoms with Crippen LogP contribution < -0.4 is 5.32 Å². The maximum Gasteiger partial charge on any atom is 0.397 e. The largest absolute Gasteiger partial charge is 0.479 e. The molecular weight excluding hydrogens is 894 g/mol. The molecule has 5 aliphatic heterocycles. The number of aliphatic carboxylic acids is 1. The summed E-state index contributed by atoms with van der Waals surface area (Å²) in [6, 6.07) is -1.63. The fourth-order valence-corrected chi connectivity index (χ4v) is 8.08. The topological polar surface area (TPSA) is 476 Å². The number of nitrogens with one attached hydrogen (secondary N) is 1. The highest BCUT2D eigenvalue weighted by atomic mass is 32.3. The lowest BCUT2D eigenvalue weighted by atomic mass is 9.94. The van der Waals surface area contributed by atoms with E-state index in [0.717, 1.165) is 6.92 Å². The molecule has 0 aliphatic carbocycles. The average Bonchev–Trinajstić information content (AvgIpc) is 3.21. The van der Waals surface area contributed by atoms with Crippen LogP contribution in [0.1, 0.15) is 13.8 Å². The van der Waals surface area contributed by atoms with Crippen LogP contribution in [0.4, 0.5) is 0 Å². The van der Waals surface area contributed by atoms with Gasteiger partial charge in [-0.3, -0.25) is 9.35 Å². The van der Waals surface area contributed by atoms with Gasteiger partial charge in [0.25, 0.3) is 0 Å². The van der Waals surface area contributed by atoms with Crippen molar-refractivity contribution >= 4 is 22.3 Å². The normalized spacial score (nSPS) is 48.7. The SMILES string of the molecule is CC(=O)N[C@@H]1[C@@H](O[C@@H]2O[C@H](CO)[C@H](O[C@@H]3O[C@H](CO)[C@H](O)[C@H](O[C@@H]4O[C@H](C(=O)O)[C@@H](O)[C@H](OS(=O)(=O)O)[C@H]4O)[C@H]3O)[C@H](O)[C@H]2O[C@@H]2O[C@@H](C)[C@@H](O)[C@@H](O)[C@@H]2O)[C@@H](O)[C@@H](CO)O[C@H]1O. The van der Waals surface area contributed by atoms with Crippen molar-refractivity contribution in [3.63, 3.8) is 0 Å². The Morgan fingerprint density at radius 1 is 0.540 bits per heavy atom. The van der Waals surface area contributed by atoms with Gasteiger partial charge in [0.05, 0.1) is 25.9 Å². The minimum absolute atomic E-state index is 0.778. The molecule has 0 saturated carbocycles. The minimum Gasteiger partial charge on any atom is -0.479 e. The summed E-state index contributed by atoms with van der Waals surface area (Å²) < 4.78 is 86.5. The van der Waals surface area contributed by atoms with E-state index in [1.54, 1.807) is 0 Å². The van der Waals surface area contributed by atoms with Gasteiger partial charge >= 0.3 is 16.4 Å². The molecule has 0 unspecified atom stereocenters. The van der Waals surface area contributed by atoms with Crippen molar-refractivity contribution in [1.29, 1.82) is 0 Å². The van der Waals surface area contributed by atoms with E-state index < -0.39 is 196 Å². The molecule has 31 heteroatoms. The predicted octanol–water partition coefficient (Wildman–Crippen LogP) is -10.8. The molecule has 5 saturated heterocycles. The zero-order valence-electron chi connectivity index (χ0n) is 32.9. The van der Waals surface area contributed by atoms with Crippen LogP contribution in [-0.4, -0.2) is 270 Å². The number of carbonyl (C=O) groups excluding carboxylic acids is 1. The maximum atomic E-state index is 12.1. The summed E-state index contributed by atoms with van der Waals surface area (Å²) in [5, 5.41) is 151. The highest BCUT2D eigenvalue weighted by molar-refractivity contribution is 7.80. The Hall–Kier alpha value is -2.07. The van der Waals surface area contributed by atoms with Gasteiger partial charge in [0.15, 0.2) is 37.6 Å². The summed E-state index contributed by atoms with van der Waals surface area (Å²) >= 11 is 0. The second-order valence-electron chi connectivity index (χ2n) is 15.2. The van der Waals surface area contributed by atoms with Gasteiger partial charge in [0.1, 0.15) is 110 Å². The summed E-state index contributed by atoms with van der Waals surface area (Å²) in [4.78, 5) is 23.9. The van der Waals surface area contributed by atoms with E-state index in [1.165, 1.54) is 6.92 Å². The molecule has 30 nitrogen and oxygen atoms in total. The van der Waals surface area contributed by atoms with Crippen molar-refractivity contribution < 1.29 is 141 Å². The molecule has 0 bridgehead atoms. The second-order valence-corrected chi connectivity index (χ2v) is 16.3. The van der Waals surface area contributed by atoms with Crippen LogP contribution in [0.15, 0.2) is 0 Å². The number of amides is 1. The Bertz CT molecular complexity index is 1630. The number of carbonyl (C=O) groups is 2. The number of carboxylic acid groups (broad SMARTS) is 1. The van der Waals surface area contributed by atoms with Crippen LogP contribution in [0.3, 0.4) is 0 Å². The molecule has 5 rings (SSSR count). The smallest absolute Gasteiger partial charge is 0.397 e. The fraction of sp³-hybridized carbons (Fsp3) is 0.938. The molecule has 63 heavy (non-hydrogen) atoms. The zero-order chi connectivity index (χ0) is 47.0. The average molecular weight is 948 g/mol. The molecule has 1 amide bonds. The lowest BCUT2D eigenvalue weighted by Gasteiger charge is -2.50. The van der Waals surface area contributed by atoms with Gasteiger partial charge in [0.2, 0.25) is 5.91 Å². The first kappa shape index (κ1) is 51.9. The molecule has 16 N–H and O–H groups in total. The Kier molecular flexibility index (Phi) is 17.5. The molecule has 0 aromatic rings. The number of carboxylic acids is 1. The van der Waals surface area contributed by atoms with Gasteiger partial charge in [-0.05, 0) is 6.92 Å². The van der Waals surface area contributed by atoms with Crippen molar-refractivity contribution in [2.75, 3.05) is 19.8 Å². The number of aliphatic hydroxyl groups excluding tert-OH is 13. The van der Waals surface area contributed by atoms with E-state index in [1.807, 2.05) is 0 Å². The molecule has 5 heterocycles. The Morgan fingerprint density at radius 3 is 1.60 bits per heavy atom. The van der Waals surface area contributed by atoms with Gasteiger partial charge in [-0.15, -0.1) is 0 Å². The molecule has 366 valence electrons. The van der Waals surface area contributed by atoms with E-state index >= 15 is 0 Å². The molecule has 0 radical (unpaired) electrons. The molecule has 5 fully saturated rings. The standard InChI is InChI=1S/C32H53NO29S/c1-6-12(38)15(41)16(42)29(53-6)61-26-17(43)21(10(5-36)56-32(26)58-22-11(33-7(2)37)28(49)54-8(3-34)13(22)39)57-30-19(45)23(14(40)9(4-35)55-30)59-31-20(46)24(62-63(50,51)52)18(44)25(60-31)27(47)48/h6,8-26,28-32,34-36,38-46,49H,3-5H2,1-2H3,(H,33,37)(H,47,48)(H,50,51,52)/t6-,8+,9+,10+,11+,12+,13-,14-,15+,16-,17-,18-,19+,20+,21-,22+,23-,24-,25-,26+,28+,29-,30-,31+,32-/m0/s1. The fourth-order valence-electron chi connectivity index (χ4n) is 7.58. The van der Waals surface area contributed by atoms with Crippen molar-refractivity contribution in [2.45, 2.75) is 167 Å². The first-order valence-corrected chi connectivity index (χ1v) is 20.5. The van der Waals surface area contributed by atoms with E-state index in [2.05, 4.69) is 9.50 Å². The second kappa shape index (κ2) is 21.3. The predicted molar refractivity (Wildman–Crippen MR) is 188 cm³/mol. The van der Waals surface area contributed by atoms with Crippen LogP contribution in [0.2, 0.25) is 0 Å². The van der Waals surface area contributed by atoms with Gasteiger partial charge in [-0.2, -0.15) is 8.42 Å². The van der Waals surface area contributed by atoms with Crippen molar-refractivity contribution in [2.24, 2.45) is 0 Å². The zero-order valence-corrected chi connectivity index (χ0v) is 33.7. The Labute approximate surface area is 355 Å². The molecule has 0 aromatic carbocycles. The molecule has 0 spiro atoms. The van der Waals surface area contributed by atoms with Crippen LogP contribution in [0.25, 0.3) is 0 Å². The van der Waals surface area contributed by atoms with Crippen LogP contribution >= 0.6 is 0 Å². The van der Waals surface area contributed by atoms with E-state index in [4.69, 9.17) is 42.6 Å². The van der Waals surface area contributed by atoms with Crippen molar-refractivity contribution in [3.8, 4) is 0 Å².